The van der Waals surface area contributed by atoms with Gasteiger partial charge in [-0.25, -0.2) is 0 Å². The van der Waals surface area contributed by atoms with E-state index < -0.39 is 0 Å². The van der Waals surface area contributed by atoms with Crippen LogP contribution in [0.1, 0.15) is 55.2 Å². The molecule has 3 unspecified atom stereocenters. The van der Waals surface area contributed by atoms with Gasteiger partial charge in [0.15, 0.2) is 0 Å². The van der Waals surface area contributed by atoms with E-state index in [0.717, 1.165) is 30.9 Å². The van der Waals surface area contributed by atoms with E-state index in [-0.39, 0.29) is 30.1 Å². The second-order valence-corrected chi connectivity index (χ2v) is 8.62. The van der Waals surface area contributed by atoms with Crippen LogP contribution in [-0.2, 0) is 11.3 Å². The number of nitrogens with zero attached hydrogens (tertiary/aromatic N) is 1. The Kier molecular flexibility index (Phi) is 7.51. The van der Waals surface area contributed by atoms with E-state index >= 15 is 0 Å². The molecule has 5 nitrogen and oxygen atoms in total. The Morgan fingerprint density at radius 1 is 1.07 bits per heavy atom. The Balaban J connectivity index is 1.63. The first-order valence-corrected chi connectivity index (χ1v) is 10.8. The SMILES string of the molecule is COc1ccc(C(NC(=O)c2ccc(CN3CC(C)OC(C)C3)cc2)C(C)C)cc1. The number of hydrogen-bond acceptors (Lipinski definition) is 4. The molecule has 30 heavy (non-hydrogen) atoms. The van der Waals surface area contributed by atoms with Crippen LogP contribution in [0.25, 0.3) is 0 Å². The number of rotatable bonds is 7. The first-order chi connectivity index (χ1) is 14.4. The van der Waals surface area contributed by atoms with Gasteiger partial charge in [0.2, 0.25) is 0 Å². The number of carbonyl (C=O) groups is 1. The molecule has 0 saturated carbocycles. The van der Waals surface area contributed by atoms with E-state index in [2.05, 4.69) is 50.0 Å². The highest BCUT2D eigenvalue weighted by Crippen LogP contribution is 2.24. The molecule has 1 aliphatic rings. The number of ether oxygens (including phenoxy) is 2. The molecule has 0 radical (unpaired) electrons. The fourth-order valence-electron chi connectivity index (χ4n) is 4.10. The fraction of sp³-hybridized carbons (Fsp3) is 0.480. The van der Waals surface area contributed by atoms with Crippen molar-refractivity contribution in [3.8, 4) is 5.75 Å². The van der Waals surface area contributed by atoms with Gasteiger partial charge in [-0.2, -0.15) is 0 Å². The minimum atomic E-state index is -0.0561. The molecular weight excluding hydrogens is 376 g/mol. The summed E-state index contributed by atoms with van der Waals surface area (Å²) in [5.41, 5.74) is 2.97. The summed E-state index contributed by atoms with van der Waals surface area (Å²) in [4.78, 5) is 15.3. The van der Waals surface area contributed by atoms with Crippen molar-refractivity contribution >= 4 is 5.91 Å². The second-order valence-electron chi connectivity index (χ2n) is 8.62. The van der Waals surface area contributed by atoms with Crippen molar-refractivity contribution in [3.63, 3.8) is 0 Å². The van der Waals surface area contributed by atoms with E-state index in [9.17, 15) is 4.79 Å². The number of methoxy groups -OCH3 is 1. The van der Waals surface area contributed by atoms with E-state index in [1.54, 1.807) is 7.11 Å². The Labute approximate surface area is 180 Å². The number of nitrogens with one attached hydrogen (secondary N) is 1. The molecule has 3 atom stereocenters. The summed E-state index contributed by atoms with van der Waals surface area (Å²) >= 11 is 0. The Morgan fingerprint density at radius 3 is 2.20 bits per heavy atom. The maximum atomic E-state index is 12.9. The number of hydrogen-bond donors (Lipinski definition) is 1. The molecule has 5 heteroatoms. The standard InChI is InChI=1S/C25H34N2O3/c1-17(2)24(21-10-12-23(29-5)13-11-21)26-25(28)22-8-6-20(7-9-22)16-27-14-18(3)30-19(4)15-27/h6-13,17-19,24H,14-16H2,1-5H3,(H,26,28). The van der Waals surface area contributed by atoms with Crippen molar-refractivity contribution in [2.75, 3.05) is 20.2 Å². The second kappa shape index (κ2) is 10.1. The largest absolute Gasteiger partial charge is 0.497 e. The third kappa shape index (κ3) is 5.83. The summed E-state index contributed by atoms with van der Waals surface area (Å²) in [5.74, 6) is 1.03. The summed E-state index contributed by atoms with van der Waals surface area (Å²) in [6.07, 6.45) is 0.509. The maximum absolute atomic E-state index is 12.9. The van der Waals surface area contributed by atoms with Crippen LogP contribution >= 0.6 is 0 Å². The average molecular weight is 411 g/mol. The topological polar surface area (TPSA) is 50.8 Å². The first kappa shape index (κ1) is 22.3. The lowest BCUT2D eigenvalue weighted by Crippen LogP contribution is -2.44. The van der Waals surface area contributed by atoms with Gasteiger partial charge in [0.05, 0.1) is 25.4 Å². The third-order valence-corrected chi connectivity index (χ3v) is 5.55. The van der Waals surface area contributed by atoms with E-state index in [0.29, 0.717) is 5.56 Å². The zero-order valence-corrected chi connectivity index (χ0v) is 18.7. The summed E-state index contributed by atoms with van der Waals surface area (Å²) < 4.78 is 11.0. The molecule has 3 rings (SSSR count). The average Bonchev–Trinajstić information content (AvgIpc) is 2.71. The maximum Gasteiger partial charge on any atom is 0.251 e. The van der Waals surface area contributed by atoms with Crippen molar-refractivity contribution < 1.29 is 14.3 Å². The molecule has 0 bridgehead atoms. The van der Waals surface area contributed by atoms with Gasteiger partial charge in [-0.1, -0.05) is 38.1 Å². The Hall–Kier alpha value is -2.37. The van der Waals surface area contributed by atoms with Crippen LogP contribution in [0.5, 0.6) is 5.75 Å². The zero-order valence-electron chi connectivity index (χ0n) is 18.7. The van der Waals surface area contributed by atoms with Gasteiger partial charge in [0.25, 0.3) is 5.91 Å². The number of benzene rings is 2. The molecule has 1 fully saturated rings. The normalized spacial score (nSPS) is 20.7. The smallest absolute Gasteiger partial charge is 0.251 e. The fourth-order valence-corrected chi connectivity index (χ4v) is 4.10. The zero-order chi connectivity index (χ0) is 21.7. The summed E-state index contributed by atoms with van der Waals surface area (Å²) in [6, 6.07) is 15.8. The van der Waals surface area contributed by atoms with Crippen molar-refractivity contribution in [2.45, 2.75) is 52.5 Å². The molecule has 1 heterocycles. The molecule has 162 valence electrons. The number of morpholine rings is 1. The minimum Gasteiger partial charge on any atom is -0.497 e. The highest BCUT2D eigenvalue weighted by Gasteiger charge is 2.22. The molecule has 0 aromatic heterocycles. The van der Waals surface area contributed by atoms with Crippen LogP contribution in [0.3, 0.4) is 0 Å². The van der Waals surface area contributed by atoms with Crippen LogP contribution in [0.4, 0.5) is 0 Å². The minimum absolute atomic E-state index is 0.0512. The lowest BCUT2D eigenvalue weighted by molar-refractivity contribution is -0.0704. The van der Waals surface area contributed by atoms with Gasteiger partial charge in [0, 0.05) is 25.2 Å². The summed E-state index contributed by atoms with van der Waals surface area (Å²) in [6.45, 7) is 11.2. The van der Waals surface area contributed by atoms with E-state index in [4.69, 9.17) is 9.47 Å². The van der Waals surface area contributed by atoms with Gasteiger partial charge in [-0.05, 0) is 55.2 Å². The van der Waals surface area contributed by atoms with E-state index in [1.807, 2.05) is 36.4 Å². The van der Waals surface area contributed by atoms with Crippen molar-refractivity contribution in [2.24, 2.45) is 5.92 Å². The lowest BCUT2D eigenvalue weighted by atomic mass is 9.95. The molecule has 1 amide bonds. The highest BCUT2D eigenvalue weighted by atomic mass is 16.5. The Bertz CT molecular complexity index is 807. The summed E-state index contributed by atoms with van der Waals surface area (Å²) in [5, 5.41) is 3.19. The molecule has 1 saturated heterocycles. The highest BCUT2D eigenvalue weighted by molar-refractivity contribution is 5.94. The number of amides is 1. The molecular formula is C25H34N2O3. The van der Waals surface area contributed by atoms with Crippen molar-refractivity contribution in [1.82, 2.24) is 10.2 Å². The summed E-state index contributed by atoms with van der Waals surface area (Å²) in [7, 11) is 1.65. The molecule has 1 aliphatic heterocycles. The quantitative estimate of drug-likeness (QED) is 0.734. The third-order valence-electron chi connectivity index (χ3n) is 5.55. The van der Waals surface area contributed by atoms with Gasteiger partial charge in [-0.3, -0.25) is 9.69 Å². The van der Waals surface area contributed by atoms with Gasteiger partial charge in [-0.15, -0.1) is 0 Å². The van der Waals surface area contributed by atoms with Crippen LogP contribution in [0.15, 0.2) is 48.5 Å². The van der Waals surface area contributed by atoms with Gasteiger partial charge < -0.3 is 14.8 Å². The molecule has 0 spiro atoms. The predicted octanol–water partition coefficient (Wildman–Crippen LogP) is 4.43. The lowest BCUT2D eigenvalue weighted by Gasteiger charge is -2.35. The van der Waals surface area contributed by atoms with Crippen LogP contribution in [0, 0.1) is 5.92 Å². The predicted molar refractivity (Wildman–Crippen MR) is 120 cm³/mol. The van der Waals surface area contributed by atoms with Crippen molar-refractivity contribution in [3.05, 3.63) is 65.2 Å². The molecule has 2 aromatic carbocycles. The molecule has 1 N–H and O–H groups in total. The van der Waals surface area contributed by atoms with Crippen molar-refractivity contribution in [1.29, 1.82) is 0 Å². The monoisotopic (exact) mass is 410 g/mol. The van der Waals surface area contributed by atoms with Gasteiger partial charge >= 0.3 is 0 Å². The Morgan fingerprint density at radius 2 is 1.67 bits per heavy atom. The van der Waals surface area contributed by atoms with Crippen LogP contribution in [0.2, 0.25) is 0 Å². The first-order valence-electron chi connectivity index (χ1n) is 10.8. The van der Waals surface area contributed by atoms with Crippen LogP contribution < -0.4 is 10.1 Å². The molecule has 2 aromatic rings. The molecule has 0 aliphatic carbocycles. The van der Waals surface area contributed by atoms with Gasteiger partial charge in [0.1, 0.15) is 5.75 Å². The number of carbonyl (C=O) groups excluding carboxylic acids is 1. The van der Waals surface area contributed by atoms with Crippen LogP contribution in [-0.4, -0.2) is 43.2 Å². The van der Waals surface area contributed by atoms with E-state index in [1.165, 1.54) is 5.56 Å².